The van der Waals surface area contributed by atoms with Crippen LogP contribution in [0.5, 0.6) is 0 Å². The molecule has 1 saturated heterocycles. The second-order valence-electron chi connectivity index (χ2n) is 5.86. The molecule has 3 nitrogen and oxygen atoms in total. The Morgan fingerprint density at radius 2 is 2.06 bits per heavy atom. The normalized spacial score (nSPS) is 27.3. The monoisotopic (exact) mass is 254 g/mol. The maximum atomic E-state index is 9.97. The van der Waals surface area contributed by atoms with Gasteiger partial charge in [-0.1, -0.05) is 12.2 Å². The number of aliphatic hydroxyl groups is 1. The Morgan fingerprint density at radius 1 is 1.22 bits per heavy atom. The van der Waals surface area contributed by atoms with Crippen LogP contribution >= 0.6 is 0 Å². The Hall–Kier alpha value is -0.380. The van der Waals surface area contributed by atoms with Gasteiger partial charge in [-0.15, -0.1) is 0 Å². The first-order valence-electron chi connectivity index (χ1n) is 7.59. The number of aliphatic hydroxyl groups excluding tert-OH is 1. The SMILES string of the molecule is O[C@H](COC[C@H]1CC=CCC1)C[NH+]1CCCCC1. The number of allylic oxidation sites excluding steroid dienone is 2. The average molecular weight is 254 g/mol. The van der Waals surface area contributed by atoms with Crippen LogP contribution in [0.25, 0.3) is 0 Å². The van der Waals surface area contributed by atoms with E-state index in [0.29, 0.717) is 12.5 Å². The minimum atomic E-state index is -0.280. The Bertz CT molecular complexity index is 249. The van der Waals surface area contributed by atoms with Crippen LogP contribution in [0.3, 0.4) is 0 Å². The maximum Gasteiger partial charge on any atom is 0.126 e. The van der Waals surface area contributed by atoms with Gasteiger partial charge in [0.05, 0.1) is 19.7 Å². The number of ether oxygens (including phenoxy) is 1. The van der Waals surface area contributed by atoms with Crippen molar-refractivity contribution in [1.29, 1.82) is 0 Å². The van der Waals surface area contributed by atoms with Crippen molar-refractivity contribution >= 4 is 0 Å². The number of hydrogen-bond acceptors (Lipinski definition) is 2. The number of rotatable bonds is 6. The Labute approximate surface area is 111 Å². The molecule has 3 heteroatoms. The molecule has 104 valence electrons. The Morgan fingerprint density at radius 3 is 2.78 bits per heavy atom. The molecule has 0 aromatic heterocycles. The van der Waals surface area contributed by atoms with Crippen LogP contribution < -0.4 is 4.90 Å². The summed E-state index contributed by atoms with van der Waals surface area (Å²) in [4.78, 5) is 1.55. The van der Waals surface area contributed by atoms with Crippen molar-refractivity contribution in [1.82, 2.24) is 0 Å². The van der Waals surface area contributed by atoms with Crippen LogP contribution in [-0.4, -0.2) is 44.1 Å². The summed E-state index contributed by atoms with van der Waals surface area (Å²) in [7, 11) is 0. The summed E-state index contributed by atoms with van der Waals surface area (Å²) in [6.07, 6.45) is 11.8. The minimum absolute atomic E-state index is 0.280. The molecule has 1 aliphatic heterocycles. The number of piperidine rings is 1. The van der Waals surface area contributed by atoms with E-state index in [9.17, 15) is 5.11 Å². The fourth-order valence-electron chi connectivity index (χ4n) is 3.03. The zero-order valence-corrected chi connectivity index (χ0v) is 11.4. The third-order valence-electron chi connectivity index (χ3n) is 4.13. The molecule has 1 heterocycles. The van der Waals surface area contributed by atoms with Crippen LogP contribution in [0, 0.1) is 5.92 Å². The minimum Gasteiger partial charge on any atom is -0.385 e. The van der Waals surface area contributed by atoms with Crippen LogP contribution in [0.1, 0.15) is 38.5 Å². The summed E-state index contributed by atoms with van der Waals surface area (Å²) in [6.45, 7) is 4.65. The molecular formula is C15H28NO2+. The molecule has 0 aromatic rings. The summed E-state index contributed by atoms with van der Waals surface area (Å²) < 4.78 is 5.68. The highest BCUT2D eigenvalue weighted by Gasteiger charge is 2.18. The molecule has 0 saturated carbocycles. The molecule has 0 amide bonds. The van der Waals surface area contributed by atoms with Crippen molar-refractivity contribution in [3.8, 4) is 0 Å². The molecule has 0 bridgehead atoms. The Kier molecular flexibility index (Phi) is 6.18. The summed E-state index contributed by atoms with van der Waals surface area (Å²) in [5, 5.41) is 9.97. The first-order valence-corrected chi connectivity index (χ1v) is 7.59. The van der Waals surface area contributed by atoms with Gasteiger partial charge in [-0.2, -0.15) is 0 Å². The highest BCUT2D eigenvalue weighted by atomic mass is 16.5. The second kappa shape index (κ2) is 7.93. The number of hydrogen-bond donors (Lipinski definition) is 2. The molecular weight excluding hydrogens is 226 g/mol. The third-order valence-corrected chi connectivity index (χ3v) is 4.13. The molecule has 2 atom stereocenters. The fraction of sp³-hybridized carbons (Fsp3) is 0.867. The van der Waals surface area contributed by atoms with E-state index in [0.717, 1.165) is 19.6 Å². The summed E-state index contributed by atoms with van der Waals surface area (Å²) in [5.74, 6) is 0.671. The molecule has 2 N–H and O–H groups in total. The standard InChI is InChI=1S/C15H27NO2/c17-15(11-16-9-5-2-6-10-16)13-18-12-14-7-3-1-4-8-14/h1,3,14-15,17H,2,4-13H2/p+1/t14-,15-/m0/s1. The molecule has 18 heavy (non-hydrogen) atoms. The quantitative estimate of drug-likeness (QED) is 0.687. The number of likely N-dealkylation sites (tertiary alicyclic amines) is 1. The Balaban J connectivity index is 1.53. The van der Waals surface area contributed by atoms with Gasteiger partial charge < -0.3 is 14.7 Å². The van der Waals surface area contributed by atoms with Crippen molar-refractivity contribution in [2.45, 2.75) is 44.6 Å². The van der Waals surface area contributed by atoms with Crippen molar-refractivity contribution in [3.63, 3.8) is 0 Å². The highest BCUT2D eigenvalue weighted by Crippen LogP contribution is 2.18. The number of nitrogens with one attached hydrogen (secondary N) is 1. The molecule has 0 unspecified atom stereocenters. The summed E-state index contributed by atoms with van der Waals surface area (Å²) >= 11 is 0. The van der Waals surface area contributed by atoms with Crippen LogP contribution in [0.15, 0.2) is 12.2 Å². The van der Waals surface area contributed by atoms with Gasteiger partial charge in [0, 0.05) is 6.61 Å². The third kappa shape index (κ3) is 5.09. The smallest absolute Gasteiger partial charge is 0.126 e. The molecule has 2 rings (SSSR count). The lowest BCUT2D eigenvalue weighted by Crippen LogP contribution is -3.14. The number of quaternary nitrogens is 1. The zero-order chi connectivity index (χ0) is 12.6. The van der Waals surface area contributed by atoms with Crippen molar-refractivity contribution in [2.24, 2.45) is 5.92 Å². The molecule has 0 aromatic carbocycles. The van der Waals surface area contributed by atoms with Gasteiger partial charge >= 0.3 is 0 Å². The summed E-state index contributed by atoms with van der Waals surface area (Å²) in [6, 6.07) is 0. The fourth-order valence-corrected chi connectivity index (χ4v) is 3.03. The van der Waals surface area contributed by atoms with Crippen LogP contribution in [0.2, 0.25) is 0 Å². The van der Waals surface area contributed by atoms with Crippen molar-refractivity contribution < 1.29 is 14.7 Å². The second-order valence-corrected chi connectivity index (χ2v) is 5.86. The maximum absolute atomic E-state index is 9.97. The molecule has 0 radical (unpaired) electrons. The van der Waals surface area contributed by atoms with E-state index < -0.39 is 0 Å². The predicted molar refractivity (Wildman–Crippen MR) is 72.7 cm³/mol. The van der Waals surface area contributed by atoms with Gasteiger partial charge in [-0.05, 0) is 44.4 Å². The molecule has 2 aliphatic rings. The topological polar surface area (TPSA) is 33.9 Å². The van der Waals surface area contributed by atoms with Gasteiger partial charge in [0.1, 0.15) is 12.6 Å². The van der Waals surface area contributed by atoms with E-state index in [-0.39, 0.29) is 6.10 Å². The van der Waals surface area contributed by atoms with Gasteiger partial charge in [0.15, 0.2) is 0 Å². The van der Waals surface area contributed by atoms with Crippen molar-refractivity contribution in [2.75, 3.05) is 32.8 Å². The summed E-state index contributed by atoms with van der Waals surface area (Å²) in [5.41, 5.74) is 0. The first-order chi connectivity index (χ1) is 8.84. The van der Waals surface area contributed by atoms with Gasteiger partial charge in [0.2, 0.25) is 0 Å². The zero-order valence-electron chi connectivity index (χ0n) is 11.4. The van der Waals surface area contributed by atoms with E-state index >= 15 is 0 Å². The van der Waals surface area contributed by atoms with Gasteiger partial charge in [-0.3, -0.25) is 0 Å². The molecule has 0 spiro atoms. The van der Waals surface area contributed by atoms with E-state index in [1.807, 2.05) is 0 Å². The van der Waals surface area contributed by atoms with E-state index in [4.69, 9.17) is 4.74 Å². The lowest BCUT2D eigenvalue weighted by atomic mass is 9.95. The van der Waals surface area contributed by atoms with Gasteiger partial charge in [-0.25, -0.2) is 0 Å². The van der Waals surface area contributed by atoms with Crippen LogP contribution in [-0.2, 0) is 4.74 Å². The van der Waals surface area contributed by atoms with E-state index in [1.165, 1.54) is 45.2 Å². The van der Waals surface area contributed by atoms with Gasteiger partial charge in [0.25, 0.3) is 0 Å². The highest BCUT2D eigenvalue weighted by molar-refractivity contribution is 4.89. The molecule has 1 fully saturated rings. The lowest BCUT2D eigenvalue weighted by molar-refractivity contribution is -0.908. The lowest BCUT2D eigenvalue weighted by Gasteiger charge is -2.26. The average Bonchev–Trinajstić information content (AvgIpc) is 2.41. The largest absolute Gasteiger partial charge is 0.385 e. The van der Waals surface area contributed by atoms with Crippen LogP contribution in [0.4, 0.5) is 0 Å². The van der Waals surface area contributed by atoms with Crippen molar-refractivity contribution in [3.05, 3.63) is 12.2 Å². The van der Waals surface area contributed by atoms with E-state index in [2.05, 4.69) is 12.2 Å². The van der Waals surface area contributed by atoms with E-state index in [1.54, 1.807) is 4.90 Å². The predicted octanol–water partition coefficient (Wildman–Crippen LogP) is 0.789. The molecule has 1 aliphatic carbocycles. The first kappa shape index (κ1) is 14.0.